The van der Waals surface area contributed by atoms with Gasteiger partial charge in [0, 0.05) is 34.8 Å². The normalized spacial score (nSPS) is 13.0. The molecule has 0 aliphatic carbocycles. The number of carboxylic acids is 1. The Morgan fingerprint density at radius 2 is 1.75 bits per heavy atom. The molecule has 2 aromatic carbocycles. The van der Waals surface area contributed by atoms with Gasteiger partial charge in [0.25, 0.3) is 0 Å². The molecule has 4 aromatic rings. The van der Waals surface area contributed by atoms with Crippen molar-refractivity contribution < 1.29 is 27.5 Å². The van der Waals surface area contributed by atoms with E-state index in [2.05, 4.69) is 14.7 Å². The first-order valence-electron chi connectivity index (χ1n) is 9.77. The molecule has 0 saturated carbocycles. The van der Waals surface area contributed by atoms with Crippen molar-refractivity contribution in [2.45, 2.75) is 24.8 Å². The molecule has 0 aliphatic heterocycles. The molecule has 1 atom stereocenters. The molecule has 0 saturated heterocycles. The number of hydrogen-bond donors (Lipinski definition) is 2. The molecule has 0 radical (unpaired) electrons. The lowest BCUT2D eigenvalue weighted by molar-refractivity contribution is -0.140. The number of benzene rings is 2. The second-order valence-corrected chi connectivity index (χ2v) is 9.32. The van der Waals surface area contributed by atoms with Crippen LogP contribution in [0.4, 0.5) is 0 Å². The molecule has 4 rings (SSSR count). The van der Waals surface area contributed by atoms with Gasteiger partial charge in [0.1, 0.15) is 17.2 Å². The predicted molar refractivity (Wildman–Crippen MR) is 118 cm³/mol. The average Bonchev–Trinajstić information content (AvgIpc) is 3.14. The minimum atomic E-state index is -4.06. The molecular formula is C22H21N3O6S. The summed E-state index contributed by atoms with van der Waals surface area (Å²) in [6.07, 6.45) is 3.30. The number of aliphatic carboxylic acids is 1. The third-order valence-corrected chi connectivity index (χ3v) is 6.55. The third-order valence-electron chi connectivity index (χ3n) is 5.11. The summed E-state index contributed by atoms with van der Waals surface area (Å²) in [6.45, 7) is 3.27. The zero-order chi connectivity index (χ0) is 23.0. The first-order valence-corrected chi connectivity index (χ1v) is 11.3. The van der Waals surface area contributed by atoms with Gasteiger partial charge < -0.3 is 14.3 Å². The Morgan fingerprint density at radius 3 is 2.38 bits per heavy atom. The van der Waals surface area contributed by atoms with Gasteiger partial charge in [-0.15, -0.1) is 0 Å². The Kier molecular flexibility index (Phi) is 5.57. The summed E-state index contributed by atoms with van der Waals surface area (Å²) in [5.74, 6) is -1.65. The van der Waals surface area contributed by atoms with Gasteiger partial charge >= 0.3 is 12.0 Å². The lowest BCUT2D eigenvalue weighted by atomic mass is 10.1. The van der Waals surface area contributed by atoms with Crippen LogP contribution in [0.2, 0.25) is 0 Å². The number of sulfonamides is 1. The first-order chi connectivity index (χ1) is 15.2. The second-order valence-electron chi connectivity index (χ2n) is 7.61. The van der Waals surface area contributed by atoms with E-state index in [-0.39, 0.29) is 10.9 Å². The van der Waals surface area contributed by atoms with Crippen molar-refractivity contribution in [2.24, 2.45) is 5.92 Å². The fourth-order valence-corrected chi connectivity index (χ4v) is 4.73. The van der Waals surface area contributed by atoms with E-state index >= 15 is 0 Å². The van der Waals surface area contributed by atoms with E-state index in [1.165, 1.54) is 19.2 Å². The molecule has 2 aromatic heterocycles. The van der Waals surface area contributed by atoms with E-state index in [4.69, 9.17) is 9.15 Å². The van der Waals surface area contributed by atoms with Crippen molar-refractivity contribution in [3.8, 4) is 17.1 Å². The minimum absolute atomic E-state index is 0.0697. The van der Waals surface area contributed by atoms with Crippen molar-refractivity contribution in [2.75, 3.05) is 7.11 Å². The van der Waals surface area contributed by atoms with Gasteiger partial charge in [-0.1, -0.05) is 19.9 Å². The van der Waals surface area contributed by atoms with Crippen LogP contribution in [0, 0.1) is 5.92 Å². The SMILES string of the molecule is COc1ncc(-c2ccc3oc4cc(S(=O)(=O)N[C@H](C(=O)O)C(C)C)ccc4c3c2)cn1. The summed E-state index contributed by atoms with van der Waals surface area (Å²) in [5.41, 5.74) is 2.62. The van der Waals surface area contributed by atoms with E-state index in [0.717, 1.165) is 21.9 Å². The van der Waals surface area contributed by atoms with Crippen LogP contribution in [0.5, 0.6) is 6.01 Å². The van der Waals surface area contributed by atoms with Crippen LogP contribution in [-0.4, -0.2) is 42.6 Å². The topological polar surface area (TPSA) is 132 Å². The summed E-state index contributed by atoms with van der Waals surface area (Å²) in [6, 6.07) is 9.08. The summed E-state index contributed by atoms with van der Waals surface area (Å²) in [4.78, 5) is 19.6. The van der Waals surface area contributed by atoms with Crippen molar-refractivity contribution in [1.29, 1.82) is 0 Å². The van der Waals surface area contributed by atoms with Gasteiger partial charge in [0.2, 0.25) is 10.0 Å². The number of rotatable bonds is 7. The van der Waals surface area contributed by atoms with E-state index in [1.807, 2.05) is 12.1 Å². The number of aromatic nitrogens is 2. The van der Waals surface area contributed by atoms with Crippen LogP contribution in [0.3, 0.4) is 0 Å². The molecule has 0 aliphatic rings. The van der Waals surface area contributed by atoms with E-state index in [9.17, 15) is 18.3 Å². The van der Waals surface area contributed by atoms with E-state index < -0.39 is 28.0 Å². The molecule has 9 nitrogen and oxygen atoms in total. The van der Waals surface area contributed by atoms with Gasteiger partial charge in [-0.2, -0.15) is 4.72 Å². The number of ether oxygens (including phenoxy) is 1. The van der Waals surface area contributed by atoms with Gasteiger partial charge in [-0.3, -0.25) is 4.79 Å². The van der Waals surface area contributed by atoms with E-state index in [0.29, 0.717) is 11.2 Å². The molecule has 0 fully saturated rings. The van der Waals surface area contributed by atoms with Gasteiger partial charge in [0.15, 0.2) is 0 Å². The van der Waals surface area contributed by atoms with Crippen molar-refractivity contribution in [3.05, 3.63) is 48.8 Å². The molecule has 2 heterocycles. The fraction of sp³-hybridized carbons (Fsp3) is 0.227. The number of hydrogen-bond acceptors (Lipinski definition) is 7. The van der Waals surface area contributed by atoms with E-state index in [1.54, 1.807) is 38.4 Å². The Bertz CT molecular complexity index is 1410. The second kappa shape index (κ2) is 8.21. The maximum atomic E-state index is 12.8. The molecule has 0 bridgehead atoms. The molecule has 0 spiro atoms. The highest BCUT2D eigenvalue weighted by atomic mass is 32.2. The molecule has 10 heteroatoms. The van der Waals surface area contributed by atoms with Gasteiger partial charge in [0.05, 0.1) is 12.0 Å². The molecular weight excluding hydrogens is 434 g/mol. The largest absolute Gasteiger partial charge is 0.480 e. The number of furan rings is 1. The monoisotopic (exact) mass is 455 g/mol. The Labute approximate surface area is 184 Å². The number of carbonyl (C=O) groups is 1. The van der Waals surface area contributed by atoms with Crippen LogP contribution in [0.15, 0.2) is 58.1 Å². The molecule has 166 valence electrons. The lowest BCUT2D eigenvalue weighted by Crippen LogP contribution is -2.44. The highest BCUT2D eigenvalue weighted by molar-refractivity contribution is 7.89. The van der Waals surface area contributed by atoms with Crippen LogP contribution in [0.1, 0.15) is 13.8 Å². The van der Waals surface area contributed by atoms with Crippen LogP contribution >= 0.6 is 0 Å². The standard InChI is InChI=1S/C22H21N3O6S/c1-12(2)20(21(26)27)25-32(28,29)15-5-6-16-17-8-13(4-7-18(17)31-19(16)9-15)14-10-23-22(30-3)24-11-14/h4-12,20,25H,1-3H3,(H,26,27)/t20-/m0/s1. The Balaban J connectivity index is 1.73. The van der Waals surface area contributed by atoms with Crippen LogP contribution in [0.25, 0.3) is 33.1 Å². The lowest BCUT2D eigenvalue weighted by Gasteiger charge is -2.17. The first kappa shape index (κ1) is 21.7. The fourth-order valence-electron chi connectivity index (χ4n) is 3.38. The highest BCUT2D eigenvalue weighted by Gasteiger charge is 2.28. The Hall–Kier alpha value is -3.50. The number of methoxy groups -OCH3 is 1. The molecule has 2 N–H and O–H groups in total. The average molecular weight is 455 g/mol. The molecule has 0 unspecified atom stereocenters. The summed E-state index contributed by atoms with van der Waals surface area (Å²) >= 11 is 0. The number of nitrogens with zero attached hydrogens (tertiary/aromatic N) is 2. The quantitative estimate of drug-likeness (QED) is 0.433. The predicted octanol–water partition coefficient (Wildman–Crippen LogP) is 3.44. The number of carboxylic acid groups (broad SMARTS) is 1. The molecule has 0 amide bonds. The zero-order valence-corrected chi connectivity index (χ0v) is 18.4. The van der Waals surface area contributed by atoms with Crippen LogP contribution < -0.4 is 9.46 Å². The maximum absolute atomic E-state index is 12.8. The smallest absolute Gasteiger partial charge is 0.322 e. The third kappa shape index (κ3) is 4.02. The van der Waals surface area contributed by atoms with Crippen molar-refractivity contribution in [1.82, 2.24) is 14.7 Å². The van der Waals surface area contributed by atoms with Gasteiger partial charge in [-0.25, -0.2) is 18.4 Å². The number of nitrogens with one attached hydrogen (secondary N) is 1. The minimum Gasteiger partial charge on any atom is -0.480 e. The van der Waals surface area contributed by atoms with Crippen molar-refractivity contribution in [3.63, 3.8) is 0 Å². The van der Waals surface area contributed by atoms with Crippen LogP contribution in [-0.2, 0) is 14.8 Å². The highest BCUT2D eigenvalue weighted by Crippen LogP contribution is 2.33. The van der Waals surface area contributed by atoms with Gasteiger partial charge in [-0.05, 0) is 35.7 Å². The summed E-state index contributed by atoms with van der Waals surface area (Å²) < 4.78 is 38.6. The Morgan fingerprint density at radius 1 is 1.03 bits per heavy atom. The maximum Gasteiger partial charge on any atom is 0.322 e. The zero-order valence-electron chi connectivity index (χ0n) is 17.6. The number of fused-ring (bicyclic) bond motifs is 3. The molecule has 32 heavy (non-hydrogen) atoms. The summed E-state index contributed by atoms with van der Waals surface area (Å²) in [7, 11) is -2.56. The van der Waals surface area contributed by atoms with Crippen molar-refractivity contribution >= 4 is 37.9 Å². The summed E-state index contributed by atoms with van der Waals surface area (Å²) in [5, 5.41) is 10.8.